The van der Waals surface area contributed by atoms with Gasteiger partial charge in [-0.3, -0.25) is 9.69 Å². The van der Waals surface area contributed by atoms with Crippen LogP contribution >= 0.6 is 0 Å². The Kier molecular flexibility index (Phi) is 7.19. The summed E-state index contributed by atoms with van der Waals surface area (Å²) in [6.07, 6.45) is 0. The molecule has 1 saturated heterocycles. The van der Waals surface area contributed by atoms with Crippen LogP contribution in [0.25, 0.3) is 0 Å². The molecule has 1 amide bonds. The fourth-order valence-electron chi connectivity index (χ4n) is 3.47. The van der Waals surface area contributed by atoms with E-state index >= 15 is 0 Å². The summed E-state index contributed by atoms with van der Waals surface area (Å²) in [4.78, 5) is 16.9. The number of hydrogen-bond donors (Lipinski definition) is 1. The number of ether oxygens (including phenoxy) is 3. The van der Waals surface area contributed by atoms with Crippen molar-refractivity contribution in [1.29, 1.82) is 0 Å². The Morgan fingerprint density at radius 1 is 0.931 bits per heavy atom. The van der Waals surface area contributed by atoms with Crippen molar-refractivity contribution in [3.8, 4) is 17.2 Å². The van der Waals surface area contributed by atoms with Crippen molar-refractivity contribution in [1.82, 2.24) is 9.80 Å². The zero-order valence-corrected chi connectivity index (χ0v) is 17.3. The van der Waals surface area contributed by atoms with E-state index < -0.39 is 0 Å². The molecule has 3 rings (SSSR count). The molecule has 0 radical (unpaired) electrons. The van der Waals surface area contributed by atoms with Gasteiger partial charge in [0.05, 0.1) is 27.9 Å². The third kappa shape index (κ3) is 5.32. The molecule has 1 fully saturated rings. The van der Waals surface area contributed by atoms with Crippen LogP contribution in [0.5, 0.6) is 17.2 Å². The van der Waals surface area contributed by atoms with Gasteiger partial charge < -0.3 is 24.4 Å². The highest BCUT2D eigenvalue weighted by Crippen LogP contribution is 2.39. The van der Waals surface area contributed by atoms with Crippen LogP contribution in [-0.4, -0.2) is 69.8 Å². The molecule has 29 heavy (non-hydrogen) atoms. The highest BCUT2D eigenvalue weighted by molar-refractivity contribution is 5.81. The first-order valence-corrected chi connectivity index (χ1v) is 9.72. The minimum atomic E-state index is 0.0816. The molecule has 7 nitrogen and oxygen atoms in total. The van der Waals surface area contributed by atoms with Crippen LogP contribution in [0.4, 0.5) is 5.69 Å². The number of nitrogens with one attached hydrogen (secondary N) is 1. The number of methoxy groups -OCH3 is 3. The predicted octanol–water partition coefficient (Wildman–Crippen LogP) is 2.47. The van der Waals surface area contributed by atoms with Crippen molar-refractivity contribution >= 4 is 11.6 Å². The van der Waals surface area contributed by atoms with Crippen LogP contribution in [0.2, 0.25) is 0 Å². The second-order valence-electron chi connectivity index (χ2n) is 6.91. The zero-order chi connectivity index (χ0) is 20.6. The Morgan fingerprint density at radius 2 is 1.55 bits per heavy atom. The van der Waals surface area contributed by atoms with Crippen molar-refractivity contribution in [2.24, 2.45) is 0 Å². The Bertz CT molecular complexity index is 780. The summed E-state index contributed by atoms with van der Waals surface area (Å²) in [6, 6.07) is 14.0. The van der Waals surface area contributed by atoms with E-state index in [9.17, 15) is 4.79 Å². The smallest absolute Gasteiger partial charge is 0.241 e. The monoisotopic (exact) mass is 399 g/mol. The molecular weight excluding hydrogens is 370 g/mol. The maximum atomic E-state index is 12.6. The normalized spacial score (nSPS) is 14.4. The third-order valence-corrected chi connectivity index (χ3v) is 5.08. The first-order chi connectivity index (χ1) is 14.1. The number of rotatable bonds is 8. The number of benzene rings is 2. The van der Waals surface area contributed by atoms with Crippen LogP contribution in [0.1, 0.15) is 5.56 Å². The topological polar surface area (TPSA) is 63.3 Å². The summed E-state index contributed by atoms with van der Waals surface area (Å²) in [5, 5.41) is 3.17. The highest BCUT2D eigenvalue weighted by atomic mass is 16.5. The van der Waals surface area contributed by atoms with E-state index in [0.29, 0.717) is 17.2 Å². The van der Waals surface area contributed by atoms with Crippen LogP contribution < -0.4 is 19.5 Å². The van der Waals surface area contributed by atoms with Gasteiger partial charge in [-0.1, -0.05) is 30.3 Å². The summed E-state index contributed by atoms with van der Waals surface area (Å²) in [7, 11) is 4.71. The SMILES string of the molecule is COc1cc(NCC(=O)N2CCN(Cc3ccccc3)CC2)cc(OC)c1OC. The molecule has 0 aromatic heterocycles. The Morgan fingerprint density at radius 3 is 2.10 bits per heavy atom. The number of nitrogens with zero attached hydrogens (tertiary/aromatic N) is 2. The van der Waals surface area contributed by atoms with Gasteiger partial charge >= 0.3 is 0 Å². The molecule has 0 unspecified atom stereocenters. The van der Waals surface area contributed by atoms with Gasteiger partial charge in [-0.2, -0.15) is 0 Å². The Labute approximate surface area is 172 Å². The van der Waals surface area contributed by atoms with Crippen molar-refractivity contribution in [3.05, 3.63) is 48.0 Å². The van der Waals surface area contributed by atoms with Gasteiger partial charge in [-0.05, 0) is 5.56 Å². The number of piperazine rings is 1. The zero-order valence-electron chi connectivity index (χ0n) is 17.3. The lowest BCUT2D eigenvalue weighted by Crippen LogP contribution is -2.49. The van der Waals surface area contributed by atoms with E-state index in [4.69, 9.17) is 14.2 Å². The van der Waals surface area contributed by atoms with Gasteiger partial charge in [0.25, 0.3) is 0 Å². The van der Waals surface area contributed by atoms with Crippen LogP contribution in [0, 0.1) is 0 Å². The summed E-state index contributed by atoms with van der Waals surface area (Å²) >= 11 is 0. The summed E-state index contributed by atoms with van der Waals surface area (Å²) < 4.78 is 16.0. The lowest BCUT2D eigenvalue weighted by molar-refractivity contribution is -0.131. The van der Waals surface area contributed by atoms with E-state index in [-0.39, 0.29) is 12.5 Å². The lowest BCUT2D eigenvalue weighted by atomic mass is 10.2. The number of hydrogen-bond acceptors (Lipinski definition) is 6. The maximum absolute atomic E-state index is 12.6. The second-order valence-corrected chi connectivity index (χ2v) is 6.91. The molecule has 1 heterocycles. The van der Waals surface area contributed by atoms with Crippen LogP contribution in [-0.2, 0) is 11.3 Å². The van der Waals surface area contributed by atoms with E-state index in [0.717, 1.165) is 38.4 Å². The molecule has 2 aromatic rings. The molecule has 1 aliphatic heterocycles. The van der Waals surface area contributed by atoms with Gasteiger partial charge in [0, 0.05) is 50.5 Å². The highest BCUT2D eigenvalue weighted by Gasteiger charge is 2.21. The minimum Gasteiger partial charge on any atom is -0.493 e. The fourth-order valence-corrected chi connectivity index (χ4v) is 3.47. The molecule has 0 atom stereocenters. The lowest BCUT2D eigenvalue weighted by Gasteiger charge is -2.34. The molecule has 0 spiro atoms. The van der Waals surface area contributed by atoms with Gasteiger partial charge in [-0.25, -0.2) is 0 Å². The van der Waals surface area contributed by atoms with E-state index in [1.807, 2.05) is 11.0 Å². The number of carbonyl (C=O) groups excluding carboxylic acids is 1. The standard InChI is InChI=1S/C22H29N3O4/c1-27-19-13-18(14-20(28-2)22(19)29-3)23-15-21(26)25-11-9-24(10-12-25)16-17-7-5-4-6-8-17/h4-8,13-14,23H,9-12,15-16H2,1-3H3. The molecule has 0 bridgehead atoms. The van der Waals surface area contributed by atoms with Crippen molar-refractivity contribution in [2.75, 3.05) is 59.4 Å². The van der Waals surface area contributed by atoms with E-state index in [1.165, 1.54) is 5.56 Å². The molecule has 1 N–H and O–H groups in total. The maximum Gasteiger partial charge on any atom is 0.241 e. The van der Waals surface area contributed by atoms with Crippen molar-refractivity contribution in [2.45, 2.75) is 6.54 Å². The first-order valence-electron chi connectivity index (χ1n) is 9.72. The summed E-state index contributed by atoms with van der Waals surface area (Å²) in [5.74, 6) is 1.71. The average Bonchev–Trinajstić information content (AvgIpc) is 2.77. The fraction of sp³-hybridized carbons (Fsp3) is 0.409. The molecule has 1 aliphatic rings. The number of amides is 1. The minimum absolute atomic E-state index is 0.0816. The third-order valence-electron chi connectivity index (χ3n) is 5.08. The Balaban J connectivity index is 1.51. The molecule has 2 aromatic carbocycles. The molecule has 0 aliphatic carbocycles. The quantitative estimate of drug-likeness (QED) is 0.736. The van der Waals surface area contributed by atoms with Crippen molar-refractivity contribution < 1.29 is 19.0 Å². The number of anilines is 1. The number of carbonyl (C=O) groups is 1. The summed E-state index contributed by atoms with van der Waals surface area (Å²) in [5.41, 5.74) is 2.05. The van der Waals surface area contributed by atoms with Gasteiger partial charge in [0.2, 0.25) is 11.7 Å². The predicted molar refractivity (Wildman–Crippen MR) is 113 cm³/mol. The van der Waals surface area contributed by atoms with Gasteiger partial charge in [0.15, 0.2) is 11.5 Å². The van der Waals surface area contributed by atoms with Crippen LogP contribution in [0.15, 0.2) is 42.5 Å². The summed E-state index contributed by atoms with van der Waals surface area (Å²) in [6.45, 7) is 4.38. The first kappa shape index (κ1) is 20.8. The van der Waals surface area contributed by atoms with Crippen molar-refractivity contribution in [3.63, 3.8) is 0 Å². The molecule has 7 heteroatoms. The van der Waals surface area contributed by atoms with Gasteiger partial charge in [0.1, 0.15) is 0 Å². The molecular formula is C22H29N3O4. The molecule has 0 saturated carbocycles. The largest absolute Gasteiger partial charge is 0.493 e. The van der Waals surface area contributed by atoms with E-state index in [1.54, 1.807) is 33.5 Å². The average molecular weight is 399 g/mol. The Hall–Kier alpha value is -2.93. The molecule has 156 valence electrons. The van der Waals surface area contributed by atoms with E-state index in [2.05, 4.69) is 34.5 Å². The van der Waals surface area contributed by atoms with Gasteiger partial charge in [-0.15, -0.1) is 0 Å². The second kappa shape index (κ2) is 10.0. The van der Waals surface area contributed by atoms with Crippen LogP contribution in [0.3, 0.4) is 0 Å².